The van der Waals surface area contributed by atoms with E-state index in [0.717, 1.165) is 0 Å². The van der Waals surface area contributed by atoms with Crippen molar-refractivity contribution < 1.29 is 14.2 Å². The lowest BCUT2D eigenvalue weighted by molar-refractivity contribution is 0.123. The predicted molar refractivity (Wildman–Crippen MR) is 62.3 cm³/mol. The van der Waals surface area contributed by atoms with E-state index in [1.54, 1.807) is 25.1 Å². The molecule has 0 bridgehead atoms. The Balaban J connectivity index is 3.04. The molecule has 0 heterocycles. The topological polar surface area (TPSA) is 29.5 Å². The summed E-state index contributed by atoms with van der Waals surface area (Å²) in [6.45, 7) is 7.31. The van der Waals surface area contributed by atoms with Crippen LogP contribution in [-0.2, 0) is 0 Å². The number of hydrogen-bond acceptors (Lipinski definition) is 2. The quantitative estimate of drug-likeness (QED) is 0.858. The molecule has 0 amide bonds. The van der Waals surface area contributed by atoms with Gasteiger partial charge < -0.3 is 9.84 Å². The van der Waals surface area contributed by atoms with Gasteiger partial charge in [-0.05, 0) is 32.4 Å². The Bertz CT molecular complexity index is 355. The van der Waals surface area contributed by atoms with Gasteiger partial charge in [0.2, 0.25) is 0 Å². The molecular formula is C13H19FO2. The predicted octanol–water partition coefficient (Wildman–Crippen LogP) is 3.10. The number of benzene rings is 1. The molecule has 2 nitrogen and oxygen atoms in total. The molecule has 1 atom stereocenters. The van der Waals surface area contributed by atoms with Crippen molar-refractivity contribution in [3.8, 4) is 5.75 Å². The molecule has 0 aliphatic carbocycles. The van der Waals surface area contributed by atoms with E-state index in [2.05, 4.69) is 0 Å². The molecule has 1 rings (SSSR count). The number of ether oxygens (including phenoxy) is 1. The summed E-state index contributed by atoms with van der Waals surface area (Å²) in [6, 6.07) is 5.02. The van der Waals surface area contributed by atoms with Gasteiger partial charge in [0.25, 0.3) is 0 Å². The summed E-state index contributed by atoms with van der Waals surface area (Å²) in [7, 11) is 0. The highest BCUT2D eigenvalue weighted by Gasteiger charge is 2.18. The molecule has 0 aliphatic rings. The van der Waals surface area contributed by atoms with Crippen LogP contribution in [0.3, 0.4) is 0 Å². The zero-order valence-electron chi connectivity index (χ0n) is 10.2. The molecular weight excluding hydrogens is 207 g/mol. The van der Waals surface area contributed by atoms with Crippen molar-refractivity contribution in [3.05, 3.63) is 29.6 Å². The highest BCUT2D eigenvalue weighted by atomic mass is 19.1. The van der Waals surface area contributed by atoms with Crippen LogP contribution in [0.2, 0.25) is 0 Å². The van der Waals surface area contributed by atoms with Crippen molar-refractivity contribution >= 4 is 0 Å². The second-order valence-corrected chi connectivity index (χ2v) is 4.96. The summed E-state index contributed by atoms with van der Waals surface area (Å²) >= 11 is 0. The van der Waals surface area contributed by atoms with E-state index >= 15 is 0 Å². The van der Waals surface area contributed by atoms with E-state index in [-0.39, 0.29) is 24.1 Å². The molecule has 1 unspecified atom stereocenters. The lowest BCUT2D eigenvalue weighted by Crippen LogP contribution is -2.23. The standard InChI is InChI=1S/C13H19FO2/c1-9(8-15)10-6-5-7-11(12(10)14)16-13(2,3)4/h5-7,9,15H,8H2,1-4H3. The van der Waals surface area contributed by atoms with Gasteiger partial charge in [0.05, 0.1) is 0 Å². The van der Waals surface area contributed by atoms with Gasteiger partial charge in [-0.25, -0.2) is 4.39 Å². The van der Waals surface area contributed by atoms with E-state index < -0.39 is 5.60 Å². The highest BCUT2D eigenvalue weighted by Crippen LogP contribution is 2.28. The van der Waals surface area contributed by atoms with Crippen LogP contribution in [-0.4, -0.2) is 17.3 Å². The lowest BCUT2D eigenvalue weighted by Gasteiger charge is -2.23. The van der Waals surface area contributed by atoms with Crippen LogP contribution in [0.15, 0.2) is 18.2 Å². The van der Waals surface area contributed by atoms with Gasteiger partial charge in [-0.3, -0.25) is 0 Å². The largest absolute Gasteiger partial charge is 0.485 e. The number of rotatable bonds is 3. The first-order valence-electron chi connectivity index (χ1n) is 5.43. The lowest BCUT2D eigenvalue weighted by atomic mass is 10.0. The van der Waals surface area contributed by atoms with Crippen LogP contribution in [0.4, 0.5) is 4.39 Å². The van der Waals surface area contributed by atoms with E-state index in [0.29, 0.717) is 5.56 Å². The SMILES string of the molecule is CC(CO)c1cccc(OC(C)(C)C)c1F. The Morgan fingerprint density at radius 3 is 2.50 bits per heavy atom. The fraction of sp³-hybridized carbons (Fsp3) is 0.538. The second-order valence-electron chi connectivity index (χ2n) is 4.96. The average molecular weight is 226 g/mol. The first kappa shape index (κ1) is 13.0. The molecule has 16 heavy (non-hydrogen) atoms. The fourth-order valence-corrected chi connectivity index (χ4v) is 1.42. The summed E-state index contributed by atoms with van der Waals surface area (Å²) in [4.78, 5) is 0. The second kappa shape index (κ2) is 4.83. The van der Waals surface area contributed by atoms with Crippen molar-refractivity contribution in [1.82, 2.24) is 0 Å². The Kier molecular flexibility index (Phi) is 3.92. The smallest absolute Gasteiger partial charge is 0.168 e. The summed E-state index contributed by atoms with van der Waals surface area (Å²) < 4.78 is 19.5. The number of aliphatic hydroxyl groups is 1. The first-order valence-corrected chi connectivity index (χ1v) is 5.43. The van der Waals surface area contributed by atoms with Crippen LogP contribution in [0, 0.1) is 5.82 Å². The third kappa shape index (κ3) is 3.20. The molecule has 0 radical (unpaired) electrons. The Morgan fingerprint density at radius 2 is 2.00 bits per heavy atom. The molecule has 0 spiro atoms. The zero-order chi connectivity index (χ0) is 12.3. The van der Waals surface area contributed by atoms with Crippen molar-refractivity contribution in [3.63, 3.8) is 0 Å². The molecule has 1 aromatic carbocycles. The Labute approximate surface area is 96.1 Å². The van der Waals surface area contributed by atoms with Crippen LogP contribution < -0.4 is 4.74 Å². The molecule has 1 N–H and O–H groups in total. The summed E-state index contributed by atoms with van der Waals surface area (Å²) in [6.07, 6.45) is 0. The molecule has 1 aromatic rings. The zero-order valence-corrected chi connectivity index (χ0v) is 10.2. The number of hydrogen-bond donors (Lipinski definition) is 1. The van der Waals surface area contributed by atoms with E-state index in [9.17, 15) is 4.39 Å². The maximum absolute atomic E-state index is 14.0. The summed E-state index contributed by atoms with van der Waals surface area (Å²) in [5.41, 5.74) is 0.0614. The maximum Gasteiger partial charge on any atom is 0.168 e. The normalized spacial score (nSPS) is 13.6. The maximum atomic E-state index is 14.0. The summed E-state index contributed by atoms with van der Waals surface area (Å²) in [5.74, 6) is -0.354. The molecule has 0 saturated heterocycles. The van der Waals surface area contributed by atoms with Gasteiger partial charge in [0.15, 0.2) is 11.6 Å². The molecule has 0 aliphatic heterocycles. The number of halogens is 1. The van der Waals surface area contributed by atoms with Crippen LogP contribution >= 0.6 is 0 Å². The molecule has 3 heteroatoms. The Hall–Kier alpha value is -1.09. The Morgan fingerprint density at radius 1 is 1.38 bits per heavy atom. The van der Waals surface area contributed by atoms with Gasteiger partial charge in [0, 0.05) is 12.5 Å². The summed E-state index contributed by atoms with van der Waals surface area (Å²) in [5, 5.41) is 9.03. The van der Waals surface area contributed by atoms with Gasteiger partial charge in [-0.1, -0.05) is 19.1 Å². The van der Waals surface area contributed by atoms with Crippen molar-refractivity contribution in [2.24, 2.45) is 0 Å². The minimum atomic E-state index is -0.429. The monoisotopic (exact) mass is 226 g/mol. The average Bonchev–Trinajstić information content (AvgIpc) is 2.18. The molecule has 0 fully saturated rings. The van der Waals surface area contributed by atoms with E-state index in [1.165, 1.54) is 0 Å². The molecule has 90 valence electrons. The van der Waals surface area contributed by atoms with Crippen molar-refractivity contribution in [2.45, 2.75) is 39.2 Å². The van der Waals surface area contributed by atoms with Crippen molar-refractivity contribution in [2.75, 3.05) is 6.61 Å². The molecule has 0 saturated carbocycles. The fourth-order valence-electron chi connectivity index (χ4n) is 1.42. The van der Waals surface area contributed by atoms with Crippen LogP contribution in [0.5, 0.6) is 5.75 Å². The van der Waals surface area contributed by atoms with Crippen LogP contribution in [0.25, 0.3) is 0 Å². The van der Waals surface area contributed by atoms with E-state index in [4.69, 9.17) is 9.84 Å². The van der Waals surface area contributed by atoms with Gasteiger partial charge in [-0.15, -0.1) is 0 Å². The minimum absolute atomic E-state index is 0.0735. The third-order valence-electron chi connectivity index (χ3n) is 2.21. The third-order valence-corrected chi connectivity index (χ3v) is 2.21. The molecule has 0 aromatic heterocycles. The van der Waals surface area contributed by atoms with Gasteiger partial charge in [0.1, 0.15) is 5.60 Å². The minimum Gasteiger partial charge on any atom is -0.485 e. The van der Waals surface area contributed by atoms with E-state index in [1.807, 2.05) is 20.8 Å². The highest BCUT2D eigenvalue weighted by molar-refractivity contribution is 5.33. The van der Waals surface area contributed by atoms with Gasteiger partial charge >= 0.3 is 0 Å². The van der Waals surface area contributed by atoms with Gasteiger partial charge in [-0.2, -0.15) is 0 Å². The van der Waals surface area contributed by atoms with Crippen LogP contribution in [0.1, 0.15) is 39.2 Å². The van der Waals surface area contributed by atoms with Crippen molar-refractivity contribution in [1.29, 1.82) is 0 Å². The number of aliphatic hydroxyl groups excluding tert-OH is 1. The first-order chi connectivity index (χ1) is 7.35.